The second-order valence-corrected chi connectivity index (χ2v) is 4.84. The summed E-state index contributed by atoms with van der Waals surface area (Å²) >= 11 is 0. The standard InChI is InChI=1S/C13H11F4NO3/c14-9-4-2-1-3-8(9)10(19)18-6-5-12(7-18,11(20)21)13(15,16)17/h1-4H,5-7H2,(H,20,21). The number of carboxylic acid groups (broad SMARTS) is 1. The van der Waals surface area contributed by atoms with Crippen LogP contribution in [0, 0.1) is 11.2 Å². The van der Waals surface area contributed by atoms with Gasteiger partial charge in [-0.3, -0.25) is 9.59 Å². The second kappa shape index (κ2) is 5.01. The monoisotopic (exact) mass is 305 g/mol. The first-order valence-electron chi connectivity index (χ1n) is 6.03. The molecule has 1 atom stereocenters. The number of benzene rings is 1. The van der Waals surface area contributed by atoms with Gasteiger partial charge in [-0.15, -0.1) is 0 Å². The molecule has 1 heterocycles. The smallest absolute Gasteiger partial charge is 0.406 e. The van der Waals surface area contributed by atoms with Gasteiger partial charge in [0.05, 0.1) is 5.56 Å². The summed E-state index contributed by atoms with van der Waals surface area (Å²) in [5.41, 5.74) is -3.37. The van der Waals surface area contributed by atoms with E-state index in [1.165, 1.54) is 12.1 Å². The first-order valence-corrected chi connectivity index (χ1v) is 6.03. The van der Waals surface area contributed by atoms with Crippen LogP contribution >= 0.6 is 0 Å². The van der Waals surface area contributed by atoms with Crippen molar-refractivity contribution in [3.05, 3.63) is 35.6 Å². The van der Waals surface area contributed by atoms with Crippen molar-refractivity contribution in [3.63, 3.8) is 0 Å². The predicted octanol–water partition coefficient (Wildman–Crippen LogP) is 2.30. The van der Waals surface area contributed by atoms with Gasteiger partial charge in [-0.1, -0.05) is 12.1 Å². The Hall–Kier alpha value is -2.12. The second-order valence-electron chi connectivity index (χ2n) is 4.84. The molecule has 0 aliphatic carbocycles. The van der Waals surface area contributed by atoms with Gasteiger partial charge in [-0.2, -0.15) is 13.2 Å². The summed E-state index contributed by atoms with van der Waals surface area (Å²) < 4.78 is 52.5. The van der Waals surface area contributed by atoms with E-state index in [0.29, 0.717) is 0 Å². The highest BCUT2D eigenvalue weighted by atomic mass is 19.4. The summed E-state index contributed by atoms with van der Waals surface area (Å²) in [6.45, 7) is -1.40. The first-order chi connectivity index (χ1) is 9.69. The summed E-state index contributed by atoms with van der Waals surface area (Å²) in [6.07, 6.45) is -5.73. The fraction of sp³-hybridized carbons (Fsp3) is 0.385. The van der Waals surface area contributed by atoms with Gasteiger partial charge in [-0.05, 0) is 18.6 Å². The van der Waals surface area contributed by atoms with Gasteiger partial charge in [0.1, 0.15) is 5.82 Å². The van der Waals surface area contributed by atoms with Gasteiger partial charge in [0, 0.05) is 13.1 Å². The van der Waals surface area contributed by atoms with Gasteiger partial charge < -0.3 is 10.0 Å². The highest BCUT2D eigenvalue weighted by molar-refractivity contribution is 5.95. The van der Waals surface area contributed by atoms with Gasteiger partial charge in [0.15, 0.2) is 5.41 Å². The number of aliphatic carboxylic acids is 1. The summed E-state index contributed by atoms with van der Waals surface area (Å²) in [4.78, 5) is 23.8. The van der Waals surface area contributed by atoms with Crippen LogP contribution in [-0.4, -0.2) is 41.1 Å². The molecule has 1 aromatic rings. The minimum atomic E-state index is -4.98. The molecule has 1 unspecified atom stereocenters. The van der Waals surface area contributed by atoms with E-state index in [2.05, 4.69) is 0 Å². The Morgan fingerprint density at radius 3 is 2.33 bits per heavy atom. The minimum Gasteiger partial charge on any atom is -0.481 e. The van der Waals surface area contributed by atoms with Crippen LogP contribution in [0.4, 0.5) is 17.6 Å². The molecule has 0 saturated carbocycles. The summed E-state index contributed by atoms with van der Waals surface area (Å²) in [7, 11) is 0. The van der Waals surface area contributed by atoms with Crippen molar-refractivity contribution in [2.24, 2.45) is 5.41 Å². The lowest BCUT2D eigenvalue weighted by molar-refractivity contribution is -0.227. The Bertz CT molecular complexity index is 587. The lowest BCUT2D eigenvalue weighted by Gasteiger charge is -2.27. The topological polar surface area (TPSA) is 57.6 Å². The molecule has 2 rings (SSSR count). The van der Waals surface area contributed by atoms with Gasteiger partial charge in [-0.25, -0.2) is 4.39 Å². The van der Waals surface area contributed by atoms with Crippen LogP contribution < -0.4 is 0 Å². The van der Waals surface area contributed by atoms with Crippen molar-refractivity contribution < 1.29 is 32.3 Å². The van der Waals surface area contributed by atoms with Gasteiger partial charge >= 0.3 is 12.1 Å². The van der Waals surface area contributed by atoms with Crippen molar-refractivity contribution >= 4 is 11.9 Å². The highest BCUT2D eigenvalue weighted by Gasteiger charge is 2.64. The maximum atomic E-state index is 13.5. The molecule has 1 N–H and O–H groups in total. The van der Waals surface area contributed by atoms with Crippen molar-refractivity contribution in [2.45, 2.75) is 12.6 Å². The maximum absolute atomic E-state index is 13.5. The van der Waals surface area contributed by atoms with Crippen LogP contribution in [-0.2, 0) is 4.79 Å². The van der Waals surface area contributed by atoms with Gasteiger partial charge in [0.2, 0.25) is 0 Å². The minimum absolute atomic E-state index is 0.374. The molecule has 114 valence electrons. The van der Waals surface area contributed by atoms with Gasteiger partial charge in [0.25, 0.3) is 5.91 Å². The Morgan fingerprint density at radius 2 is 1.86 bits per heavy atom. The molecule has 1 aliphatic rings. The SMILES string of the molecule is O=C(c1ccccc1F)N1CCC(C(=O)O)(C(F)(F)F)C1. The van der Waals surface area contributed by atoms with E-state index in [1.54, 1.807) is 0 Å². The molecule has 0 aromatic heterocycles. The normalized spacial score (nSPS) is 22.4. The van der Waals surface area contributed by atoms with Crippen LogP contribution in [0.5, 0.6) is 0 Å². The average molecular weight is 305 g/mol. The summed E-state index contributed by atoms with van der Waals surface area (Å²) in [5, 5.41) is 8.89. The Kier molecular flexibility index (Phi) is 3.65. The number of rotatable bonds is 2. The van der Waals surface area contributed by atoms with Crippen molar-refractivity contribution in [2.75, 3.05) is 13.1 Å². The third-order valence-corrected chi connectivity index (χ3v) is 3.61. The number of likely N-dealkylation sites (tertiary alicyclic amines) is 1. The van der Waals surface area contributed by atoms with Crippen molar-refractivity contribution in [1.29, 1.82) is 0 Å². The summed E-state index contributed by atoms with van der Waals surface area (Å²) in [5.74, 6) is -3.83. The van der Waals surface area contributed by atoms with E-state index in [9.17, 15) is 27.2 Å². The molecule has 1 aliphatic heterocycles. The van der Waals surface area contributed by atoms with E-state index in [4.69, 9.17) is 5.11 Å². The third kappa shape index (κ3) is 2.45. The predicted molar refractivity (Wildman–Crippen MR) is 63.0 cm³/mol. The molecule has 1 saturated heterocycles. The molecule has 1 amide bonds. The molecule has 0 spiro atoms. The van der Waals surface area contributed by atoms with E-state index in [-0.39, 0.29) is 12.1 Å². The first kappa shape index (κ1) is 15.3. The molecule has 1 aromatic carbocycles. The third-order valence-electron chi connectivity index (χ3n) is 3.61. The van der Waals surface area contributed by atoms with E-state index in [1.807, 2.05) is 0 Å². The Labute approximate surface area is 117 Å². The zero-order chi connectivity index (χ0) is 15.8. The average Bonchev–Trinajstić information content (AvgIpc) is 2.84. The molecule has 4 nitrogen and oxygen atoms in total. The molecule has 1 fully saturated rings. The van der Waals surface area contributed by atoms with Crippen molar-refractivity contribution in [3.8, 4) is 0 Å². The number of hydrogen-bond acceptors (Lipinski definition) is 2. The number of carbonyl (C=O) groups is 2. The maximum Gasteiger partial charge on any atom is 0.406 e. The Balaban J connectivity index is 2.28. The molecular weight excluding hydrogens is 294 g/mol. The molecule has 21 heavy (non-hydrogen) atoms. The summed E-state index contributed by atoms with van der Waals surface area (Å²) in [6, 6.07) is 4.87. The lowest BCUT2D eigenvalue weighted by atomic mass is 9.86. The number of halogens is 4. The van der Waals surface area contributed by atoms with E-state index in [0.717, 1.165) is 17.0 Å². The number of alkyl halides is 3. The highest BCUT2D eigenvalue weighted by Crippen LogP contribution is 2.46. The van der Waals surface area contributed by atoms with Crippen LogP contribution in [0.2, 0.25) is 0 Å². The largest absolute Gasteiger partial charge is 0.481 e. The molecule has 8 heteroatoms. The van der Waals surface area contributed by atoms with Crippen LogP contribution in [0.15, 0.2) is 24.3 Å². The zero-order valence-electron chi connectivity index (χ0n) is 10.7. The molecule has 0 bridgehead atoms. The number of hydrogen-bond donors (Lipinski definition) is 1. The van der Waals surface area contributed by atoms with Crippen LogP contribution in [0.1, 0.15) is 16.8 Å². The molecule has 0 radical (unpaired) electrons. The zero-order valence-corrected chi connectivity index (χ0v) is 10.7. The lowest BCUT2D eigenvalue weighted by Crippen LogP contribution is -2.47. The fourth-order valence-corrected chi connectivity index (χ4v) is 2.32. The van der Waals surface area contributed by atoms with E-state index >= 15 is 0 Å². The number of carboxylic acids is 1. The number of carbonyl (C=O) groups excluding carboxylic acids is 1. The molecular formula is C13H11F4NO3. The van der Waals surface area contributed by atoms with Crippen LogP contribution in [0.3, 0.4) is 0 Å². The van der Waals surface area contributed by atoms with E-state index < -0.39 is 42.3 Å². The van der Waals surface area contributed by atoms with Crippen LogP contribution in [0.25, 0.3) is 0 Å². The fourth-order valence-electron chi connectivity index (χ4n) is 2.32. The van der Waals surface area contributed by atoms with Crippen molar-refractivity contribution in [1.82, 2.24) is 4.90 Å². The Morgan fingerprint density at radius 1 is 1.24 bits per heavy atom. The number of amides is 1. The number of nitrogens with zero attached hydrogens (tertiary/aromatic N) is 1. The quantitative estimate of drug-likeness (QED) is 0.853.